The molecule has 4 nitrogen and oxygen atoms in total. The SMILES string of the molecule is Brc1ccc(/C2=N/S/N=C(/c3ccc(Br)s3)N=S=N2)s1. The number of nitrogens with zero attached hydrogens (tertiary/aromatic N) is 4. The fraction of sp³-hybridized carbons (Fsp3) is 0. The minimum atomic E-state index is 0.648. The summed E-state index contributed by atoms with van der Waals surface area (Å²) in [6, 6.07) is 7.89. The summed E-state index contributed by atoms with van der Waals surface area (Å²) in [4.78, 5) is 1.98. The van der Waals surface area contributed by atoms with Gasteiger partial charge in [0, 0.05) is 0 Å². The molecule has 102 valence electrons. The molecule has 1 aliphatic rings. The molecule has 2 aromatic rings. The number of thiophene rings is 2. The highest BCUT2D eigenvalue weighted by Gasteiger charge is 2.09. The fourth-order valence-electron chi connectivity index (χ4n) is 1.28. The van der Waals surface area contributed by atoms with Crippen LogP contribution in [0.5, 0.6) is 0 Å². The summed E-state index contributed by atoms with van der Waals surface area (Å²) >= 11 is 12.2. The van der Waals surface area contributed by atoms with E-state index in [1.54, 1.807) is 22.7 Å². The molecule has 0 N–H and O–H groups in total. The highest BCUT2D eigenvalue weighted by atomic mass is 79.9. The molecule has 0 unspecified atom stereocenters. The van der Waals surface area contributed by atoms with Crippen molar-refractivity contribution in [3.8, 4) is 0 Å². The van der Waals surface area contributed by atoms with Crippen LogP contribution in [0.25, 0.3) is 0 Å². The smallest absolute Gasteiger partial charge is 0.170 e. The number of hydrogen-bond donors (Lipinski definition) is 0. The molecule has 0 atom stereocenters. The van der Waals surface area contributed by atoms with Gasteiger partial charge in [0.25, 0.3) is 0 Å². The van der Waals surface area contributed by atoms with Crippen molar-refractivity contribution in [2.45, 2.75) is 0 Å². The van der Waals surface area contributed by atoms with Crippen molar-refractivity contribution >= 4 is 89.7 Å². The molecule has 10 heteroatoms. The van der Waals surface area contributed by atoms with E-state index in [9.17, 15) is 0 Å². The molecule has 0 aromatic carbocycles. The van der Waals surface area contributed by atoms with Crippen LogP contribution in [0.4, 0.5) is 0 Å². The van der Waals surface area contributed by atoms with Crippen molar-refractivity contribution in [1.29, 1.82) is 0 Å². The standard InChI is InChI=1S/C10H4Br2N4S4/c11-7-3-1-5(17-7)9-13-19-15-10(16-20-14-9)6-2-4-8(12)18-6/h1-4H/b13-9-,15-10-. The number of amidine groups is 2. The van der Waals surface area contributed by atoms with Crippen LogP contribution in [0.1, 0.15) is 9.75 Å². The molecule has 0 saturated carbocycles. The van der Waals surface area contributed by atoms with E-state index in [0.717, 1.165) is 40.8 Å². The minimum absolute atomic E-state index is 0.648. The first-order chi connectivity index (χ1) is 9.72. The topological polar surface area (TPSA) is 49.4 Å². The zero-order valence-electron chi connectivity index (χ0n) is 9.49. The summed E-state index contributed by atoms with van der Waals surface area (Å²) in [6.45, 7) is 0. The van der Waals surface area contributed by atoms with Gasteiger partial charge < -0.3 is 0 Å². The number of hydrogen-bond acceptors (Lipinski definition) is 7. The third-order valence-electron chi connectivity index (χ3n) is 2.10. The van der Waals surface area contributed by atoms with Crippen LogP contribution < -0.4 is 0 Å². The molecule has 1 aliphatic heterocycles. The monoisotopic (exact) mass is 466 g/mol. The first kappa shape index (κ1) is 14.8. The van der Waals surface area contributed by atoms with Crippen molar-refractivity contribution in [2.24, 2.45) is 17.5 Å². The van der Waals surface area contributed by atoms with Crippen molar-refractivity contribution in [3.05, 3.63) is 41.6 Å². The molecular formula is C10H4Br2N4S4. The predicted molar refractivity (Wildman–Crippen MR) is 96.9 cm³/mol. The Hall–Kier alpha value is -0.130. The van der Waals surface area contributed by atoms with Gasteiger partial charge in [0.2, 0.25) is 0 Å². The average molecular weight is 468 g/mol. The molecule has 3 rings (SSSR count). The molecule has 3 heterocycles. The minimum Gasteiger partial charge on any atom is -0.170 e. The molecule has 0 bridgehead atoms. The zero-order chi connectivity index (χ0) is 13.9. The Balaban J connectivity index is 1.88. The van der Waals surface area contributed by atoms with Crippen molar-refractivity contribution < 1.29 is 0 Å². The van der Waals surface area contributed by atoms with E-state index in [0.29, 0.717) is 11.7 Å². The molecule has 0 fully saturated rings. The largest absolute Gasteiger partial charge is 0.193 e. The van der Waals surface area contributed by atoms with E-state index >= 15 is 0 Å². The third-order valence-corrected chi connectivity index (χ3v) is 6.35. The van der Waals surface area contributed by atoms with E-state index in [2.05, 4.69) is 49.4 Å². The van der Waals surface area contributed by atoms with Crippen LogP contribution in [-0.4, -0.2) is 11.7 Å². The van der Waals surface area contributed by atoms with Gasteiger partial charge in [-0.05, 0) is 56.1 Å². The Morgan fingerprint density at radius 1 is 0.750 bits per heavy atom. The predicted octanol–water partition coefficient (Wildman–Crippen LogP) is 5.55. The molecule has 0 aliphatic carbocycles. The summed E-state index contributed by atoms with van der Waals surface area (Å²) in [5.41, 5.74) is 0. The third kappa shape index (κ3) is 3.55. The van der Waals surface area contributed by atoms with E-state index in [1.165, 1.54) is 0 Å². The lowest BCUT2D eigenvalue weighted by Gasteiger charge is -1.97. The maximum Gasteiger partial charge on any atom is 0.193 e. The summed E-state index contributed by atoms with van der Waals surface area (Å²) < 4.78 is 19.4. The molecular weight excluding hydrogens is 464 g/mol. The molecule has 0 amide bonds. The first-order valence-electron chi connectivity index (χ1n) is 5.14. The summed E-state index contributed by atoms with van der Waals surface area (Å²) in [5, 5.41) is 0. The van der Waals surface area contributed by atoms with E-state index < -0.39 is 0 Å². The van der Waals surface area contributed by atoms with Crippen LogP contribution in [0.3, 0.4) is 0 Å². The highest BCUT2D eigenvalue weighted by molar-refractivity contribution is 9.11. The number of rotatable bonds is 2. The number of halogens is 2. The molecule has 20 heavy (non-hydrogen) atoms. The Morgan fingerprint density at radius 3 is 1.65 bits per heavy atom. The summed E-state index contributed by atoms with van der Waals surface area (Å²) in [6.07, 6.45) is 0. The Morgan fingerprint density at radius 2 is 1.25 bits per heavy atom. The van der Waals surface area contributed by atoms with Crippen molar-refractivity contribution in [1.82, 2.24) is 0 Å². The lowest BCUT2D eigenvalue weighted by molar-refractivity contribution is 1.61. The average Bonchev–Trinajstić information content (AvgIpc) is 2.98. The summed E-state index contributed by atoms with van der Waals surface area (Å²) in [5.74, 6) is 1.30. The van der Waals surface area contributed by atoms with Gasteiger partial charge in [0.15, 0.2) is 11.7 Å². The maximum atomic E-state index is 4.33. The molecule has 2 aromatic heterocycles. The first-order valence-corrected chi connectivity index (χ1v) is 9.82. The van der Waals surface area contributed by atoms with Crippen LogP contribution in [-0.2, 0) is 11.4 Å². The van der Waals surface area contributed by atoms with Crippen molar-refractivity contribution in [2.75, 3.05) is 0 Å². The van der Waals surface area contributed by atoms with Crippen LogP contribution in [0.2, 0.25) is 0 Å². The fourth-order valence-corrected chi connectivity index (χ4v) is 5.20. The zero-order valence-corrected chi connectivity index (χ0v) is 15.9. The molecule has 0 spiro atoms. The normalized spacial score (nSPS) is 20.3. The highest BCUT2D eigenvalue weighted by Crippen LogP contribution is 2.27. The van der Waals surface area contributed by atoms with Crippen LogP contribution in [0, 0.1) is 0 Å². The molecule has 0 saturated heterocycles. The lowest BCUT2D eigenvalue weighted by Crippen LogP contribution is -1.95. The van der Waals surface area contributed by atoms with E-state index in [4.69, 9.17) is 0 Å². The van der Waals surface area contributed by atoms with Gasteiger partial charge in [-0.2, -0.15) is 17.5 Å². The van der Waals surface area contributed by atoms with Gasteiger partial charge >= 0.3 is 0 Å². The second-order valence-electron chi connectivity index (χ2n) is 3.38. The van der Waals surface area contributed by atoms with E-state index in [-0.39, 0.29) is 0 Å². The van der Waals surface area contributed by atoms with Gasteiger partial charge in [0.1, 0.15) is 12.1 Å². The lowest BCUT2D eigenvalue weighted by atomic mass is 10.4. The van der Waals surface area contributed by atoms with Gasteiger partial charge in [0.05, 0.1) is 28.7 Å². The maximum absolute atomic E-state index is 4.33. The molecule has 0 radical (unpaired) electrons. The van der Waals surface area contributed by atoms with Gasteiger partial charge in [-0.25, -0.2) is 0 Å². The van der Waals surface area contributed by atoms with Crippen LogP contribution >= 0.6 is 66.7 Å². The van der Waals surface area contributed by atoms with E-state index in [1.807, 2.05) is 24.3 Å². The van der Waals surface area contributed by atoms with Crippen LogP contribution in [0.15, 0.2) is 49.4 Å². The van der Waals surface area contributed by atoms with Crippen molar-refractivity contribution in [3.63, 3.8) is 0 Å². The Kier molecular flexibility index (Phi) is 5.00. The second-order valence-corrected chi connectivity index (χ2v) is 9.37. The van der Waals surface area contributed by atoms with Gasteiger partial charge in [-0.3, -0.25) is 0 Å². The quantitative estimate of drug-likeness (QED) is 0.533. The Bertz CT molecular complexity index is 710. The summed E-state index contributed by atoms with van der Waals surface area (Å²) in [7, 11) is 0. The Labute approximate surface area is 147 Å². The van der Waals surface area contributed by atoms with Gasteiger partial charge in [-0.1, -0.05) is 0 Å². The second kappa shape index (κ2) is 6.75. The van der Waals surface area contributed by atoms with Gasteiger partial charge in [-0.15, -0.1) is 22.7 Å².